The van der Waals surface area contributed by atoms with Crippen LogP contribution in [0.15, 0.2) is 60.8 Å². The molecule has 1 fully saturated rings. The van der Waals surface area contributed by atoms with Gasteiger partial charge in [-0.05, 0) is 69.3 Å². The average Bonchev–Trinajstić information content (AvgIpc) is 3.21. The maximum atomic E-state index is 13.1. The first kappa shape index (κ1) is 19.1. The molecule has 0 bridgehead atoms. The molecule has 1 aliphatic rings. The number of anilines is 1. The molecule has 0 aliphatic carbocycles. The molecule has 148 valence electrons. The Morgan fingerprint density at radius 1 is 1.03 bits per heavy atom. The van der Waals surface area contributed by atoms with Gasteiger partial charge in [0.15, 0.2) is 5.78 Å². The minimum Gasteiger partial charge on any atom is -0.322 e. The number of nitrogens with one attached hydrogen (secondary N) is 2. The molecule has 29 heavy (non-hydrogen) atoms. The van der Waals surface area contributed by atoms with Crippen molar-refractivity contribution in [1.29, 1.82) is 0 Å². The molecular weight excluding hydrogens is 364 g/mol. The van der Waals surface area contributed by atoms with Gasteiger partial charge in [0.25, 0.3) is 5.91 Å². The fourth-order valence-corrected chi connectivity index (χ4v) is 3.78. The number of hydrogen-bond donors (Lipinski definition) is 2. The third-order valence-corrected chi connectivity index (χ3v) is 5.33. The first-order valence-corrected chi connectivity index (χ1v) is 9.90. The third kappa shape index (κ3) is 4.12. The Labute approximate surface area is 169 Å². The number of piperidine rings is 1. The van der Waals surface area contributed by atoms with E-state index in [-0.39, 0.29) is 17.6 Å². The fraction of sp³-hybridized carbons (Fsp3) is 0.261. The summed E-state index contributed by atoms with van der Waals surface area (Å²) in [7, 11) is 0. The molecule has 0 radical (unpaired) electrons. The summed E-state index contributed by atoms with van der Waals surface area (Å²) in [6.45, 7) is 3.38. The van der Waals surface area contributed by atoms with E-state index in [0.29, 0.717) is 16.8 Å². The molecule has 6 heteroatoms. The molecule has 4 rings (SSSR count). The molecule has 0 unspecified atom stereocenters. The number of nitrogens with zero attached hydrogens (tertiary/aromatic N) is 2. The van der Waals surface area contributed by atoms with Crippen molar-refractivity contribution in [3.8, 4) is 5.69 Å². The highest BCUT2D eigenvalue weighted by Gasteiger charge is 2.27. The van der Waals surface area contributed by atoms with Gasteiger partial charge in [0, 0.05) is 17.2 Å². The standard InChI is InChI=1S/C23H24N4O2/c1-16(28)17-7-9-19(10-8-17)26-23(29)21-15-25-27(20-5-3-2-4-6-20)22(21)18-11-13-24-14-12-18/h2-10,15,18,24H,11-14H2,1H3,(H,26,29). The molecule has 1 aliphatic heterocycles. The topological polar surface area (TPSA) is 76.0 Å². The third-order valence-electron chi connectivity index (χ3n) is 5.33. The number of hydrogen-bond acceptors (Lipinski definition) is 4. The predicted octanol–water partition coefficient (Wildman–Crippen LogP) is 3.79. The number of Topliss-reactive ketones (excluding diaryl/α,β-unsaturated/α-hetero) is 1. The Morgan fingerprint density at radius 3 is 2.38 bits per heavy atom. The predicted molar refractivity (Wildman–Crippen MR) is 113 cm³/mol. The summed E-state index contributed by atoms with van der Waals surface area (Å²) in [5.74, 6) is 0.0799. The summed E-state index contributed by atoms with van der Waals surface area (Å²) in [6.07, 6.45) is 3.59. The van der Waals surface area contributed by atoms with Crippen LogP contribution in [0, 0.1) is 0 Å². The molecule has 6 nitrogen and oxygen atoms in total. The van der Waals surface area contributed by atoms with Gasteiger partial charge in [-0.25, -0.2) is 4.68 Å². The lowest BCUT2D eigenvalue weighted by Crippen LogP contribution is -2.29. The van der Waals surface area contributed by atoms with E-state index in [9.17, 15) is 9.59 Å². The van der Waals surface area contributed by atoms with E-state index in [2.05, 4.69) is 15.7 Å². The molecule has 2 N–H and O–H groups in total. The van der Waals surface area contributed by atoms with E-state index in [1.807, 2.05) is 35.0 Å². The second kappa shape index (κ2) is 8.41. The average molecular weight is 388 g/mol. The van der Waals surface area contributed by atoms with Crippen molar-refractivity contribution in [2.24, 2.45) is 0 Å². The first-order chi connectivity index (χ1) is 14.1. The highest BCUT2D eigenvalue weighted by Crippen LogP contribution is 2.30. The number of rotatable bonds is 5. The van der Waals surface area contributed by atoms with E-state index < -0.39 is 0 Å². The molecule has 1 saturated heterocycles. The van der Waals surface area contributed by atoms with Crippen molar-refractivity contribution in [3.05, 3.63) is 77.6 Å². The van der Waals surface area contributed by atoms with Gasteiger partial charge in [0.1, 0.15) is 0 Å². The van der Waals surface area contributed by atoms with Crippen LogP contribution in [-0.2, 0) is 0 Å². The zero-order chi connectivity index (χ0) is 20.2. The molecule has 3 aromatic rings. The van der Waals surface area contributed by atoms with Crippen LogP contribution in [0.1, 0.15) is 52.1 Å². The normalized spacial score (nSPS) is 14.5. The van der Waals surface area contributed by atoms with E-state index >= 15 is 0 Å². The van der Waals surface area contributed by atoms with Crippen LogP contribution in [0.5, 0.6) is 0 Å². The van der Waals surface area contributed by atoms with E-state index in [1.165, 1.54) is 6.92 Å². The Balaban J connectivity index is 1.66. The molecule has 1 amide bonds. The first-order valence-electron chi connectivity index (χ1n) is 9.90. The Hall–Kier alpha value is -3.25. The number of carbonyl (C=O) groups excluding carboxylic acids is 2. The van der Waals surface area contributed by atoms with Crippen molar-refractivity contribution in [3.63, 3.8) is 0 Å². The van der Waals surface area contributed by atoms with Gasteiger partial charge in [0.05, 0.1) is 23.1 Å². The molecular formula is C23H24N4O2. The summed E-state index contributed by atoms with van der Waals surface area (Å²) < 4.78 is 1.89. The Bertz CT molecular complexity index is 1000. The van der Waals surface area contributed by atoms with Crippen LogP contribution in [0.2, 0.25) is 0 Å². The summed E-state index contributed by atoms with van der Waals surface area (Å²) in [5.41, 5.74) is 3.77. The quantitative estimate of drug-likeness (QED) is 0.652. The van der Waals surface area contributed by atoms with Crippen molar-refractivity contribution >= 4 is 17.4 Å². The van der Waals surface area contributed by atoms with Gasteiger partial charge in [-0.1, -0.05) is 18.2 Å². The SMILES string of the molecule is CC(=O)c1ccc(NC(=O)c2cnn(-c3ccccc3)c2C2CCNCC2)cc1. The number of amides is 1. The van der Waals surface area contributed by atoms with Crippen LogP contribution >= 0.6 is 0 Å². The van der Waals surface area contributed by atoms with E-state index in [1.54, 1.807) is 30.5 Å². The maximum Gasteiger partial charge on any atom is 0.259 e. The number of benzene rings is 2. The number of ketones is 1. The van der Waals surface area contributed by atoms with Gasteiger partial charge in [-0.15, -0.1) is 0 Å². The smallest absolute Gasteiger partial charge is 0.259 e. The molecule has 2 heterocycles. The summed E-state index contributed by atoms with van der Waals surface area (Å²) in [4.78, 5) is 24.5. The van der Waals surface area contributed by atoms with Crippen LogP contribution < -0.4 is 10.6 Å². The summed E-state index contributed by atoms with van der Waals surface area (Å²) >= 11 is 0. The monoisotopic (exact) mass is 388 g/mol. The summed E-state index contributed by atoms with van der Waals surface area (Å²) in [6, 6.07) is 16.9. The van der Waals surface area contributed by atoms with Crippen LogP contribution in [0.3, 0.4) is 0 Å². The number of aromatic nitrogens is 2. The minimum absolute atomic E-state index is 0.000193. The van der Waals surface area contributed by atoms with Crippen molar-refractivity contribution in [2.75, 3.05) is 18.4 Å². The van der Waals surface area contributed by atoms with Crippen LogP contribution in [-0.4, -0.2) is 34.6 Å². The van der Waals surface area contributed by atoms with Gasteiger partial charge in [-0.3, -0.25) is 9.59 Å². The summed E-state index contributed by atoms with van der Waals surface area (Å²) in [5, 5.41) is 10.9. The van der Waals surface area contributed by atoms with Gasteiger partial charge in [-0.2, -0.15) is 5.10 Å². The van der Waals surface area contributed by atoms with Crippen LogP contribution in [0.25, 0.3) is 5.69 Å². The highest BCUT2D eigenvalue weighted by molar-refractivity contribution is 6.05. The molecule has 0 spiro atoms. The minimum atomic E-state index is -0.184. The lowest BCUT2D eigenvalue weighted by atomic mass is 9.91. The molecule has 0 atom stereocenters. The maximum absolute atomic E-state index is 13.1. The fourth-order valence-electron chi connectivity index (χ4n) is 3.78. The van der Waals surface area contributed by atoms with Gasteiger partial charge < -0.3 is 10.6 Å². The van der Waals surface area contributed by atoms with E-state index in [0.717, 1.165) is 37.3 Å². The Morgan fingerprint density at radius 2 is 1.72 bits per heavy atom. The second-order valence-electron chi connectivity index (χ2n) is 7.30. The number of carbonyl (C=O) groups is 2. The van der Waals surface area contributed by atoms with Crippen molar-refractivity contribution in [2.45, 2.75) is 25.7 Å². The van der Waals surface area contributed by atoms with Gasteiger partial charge >= 0.3 is 0 Å². The van der Waals surface area contributed by atoms with Gasteiger partial charge in [0.2, 0.25) is 0 Å². The lowest BCUT2D eigenvalue weighted by Gasteiger charge is -2.24. The Kier molecular flexibility index (Phi) is 5.53. The highest BCUT2D eigenvalue weighted by atomic mass is 16.1. The lowest BCUT2D eigenvalue weighted by molar-refractivity contribution is 0.101. The second-order valence-corrected chi connectivity index (χ2v) is 7.30. The van der Waals surface area contributed by atoms with Crippen molar-refractivity contribution in [1.82, 2.24) is 15.1 Å². The molecule has 0 saturated carbocycles. The molecule has 2 aromatic carbocycles. The number of para-hydroxylation sites is 1. The van der Waals surface area contributed by atoms with Crippen molar-refractivity contribution < 1.29 is 9.59 Å². The zero-order valence-electron chi connectivity index (χ0n) is 16.4. The largest absolute Gasteiger partial charge is 0.322 e. The molecule has 1 aromatic heterocycles. The zero-order valence-corrected chi connectivity index (χ0v) is 16.4. The van der Waals surface area contributed by atoms with Crippen LogP contribution in [0.4, 0.5) is 5.69 Å². The van der Waals surface area contributed by atoms with E-state index in [4.69, 9.17) is 0 Å².